The second-order valence-corrected chi connectivity index (χ2v) is 17.2. The molecule has 0 spiro atoms. The predicted molar refractivity (Wildman–Crippen MR) is 206 cm³/mol. The number of hydrogen-bond donors (Lipinski definition) is 0. The maximum Gasteiger partial charge on any atom is 0.0780 e. The molecule has 0 aromatic rings. The zero-order chi connectivity index (χ0) is 36.1. The highest BCUT2D eigenvalue weighted by Gasteiger charge is 2.06. The lowest BCUT2D eigenvalue weighted by Crippen LogP contribution is -2.35. The van der Waals surface area contributed by atoms with E-state index in [1.165, 1.54) is 206 Å². The maximum atomic E-state index is 8.52. The Hall–Kier alpha value is -0.210. The Balaban J connectivity index is -0.000000719. The summed E-state index contributed by atoms with van der Waals surface area (Å²) >= 11 is 0. The van der Waals surface area contributed by atoms with Crippen LogP contribution in [0.5, 0.6) is 0 Å². The van der Waals surface area contributed by atoms with Gasteiger partial charge in [-0.15, -0.1) is 0 Å². The van der Waals surface area contributed by atoms with Gasteiger partial charge < -0.3 is 18.1 Å². The number of rotatable bonds is 32. The lowest BCUT2D eigenvalue weighted by Gasteiger charge is -2.23. The van der Waals surface area contributed by atoms with Gasteiger partial charge in [-0.2, -0.15) is 0 Å². The Kier molecular flexibility index (Phi) is 40.3. The van der Waals surface area contributed by atoms with Crippen LogP contribution in [0.1, 0.15) is 206 Å². The van der Waals surface area contributed by atoms with Crippen molar-refractivity contribution in [1.82, 2.24) is 0 Å². The molecule has 0 atom stereocenters. The molecule has 0 heterocycles. The van der Waals surface area contributed by atoms with Crippen molar-refractivity contribution in [3.8, 4) is 0 Å². The van der Waals surface area contributed by atoms with Gasteiger partial charge in [0.15, 0.2) is 0 Å². The quantitative estimate of drug-likeness (QED) is 0.0304. The minimum Gasteiger partial charge on any atom is -0.759 e. The first kappa shape index (κ1) is 51.2. The minimum absolute atomic E-state index is 1.12. The van der Waals surface area contributed by atoms with Crippen LogP contribution in [-0.2, 0) is 10.4 Å². The summed E-state index contributed by atoms with van der Waals surface area (Å²) in [7, 11) is 8.61. The third-order valence-corrected chi connectivity index (χ3v) is 8.86. The first-order valence-electron chi connectivity index (χ1n) is 20.4. The van der Waals surface area contributed by atoms with Gasteiger partial charge in [-0.05, 0) is 25.7 Å². The van der Waals surface area contributed by atoms with Crippen LogP contribution in [0.15, 0.2) is 0 Å². The van der Waals surface area contributed by atoms with Gasteiger partial charge in [0.05, 0.1) is 55.4 Å². The lowest BCUT2D eigenvalue weighted by atomic mass is 10.0. The van der Waals surface area contributed by atoms with E-state index in [1.807, 2.05) is 0 Å². The van der Waals surface area contributed by atoms with Gasteiger partial charge in [0, 0.05) is 10.4 Å². The fraction of sp³-hybridized carbons (Fsp3) is 1.00. The molecule has 0 unspecified atom stereocenters. The molecule has 7 heteroatoms. The van der Waals surface area contributed by atoms with Crippen LogP contribution >= 0.6 is 0 Å². The Morgan fingerprint density at radius 3 is 0.574 bits per heavy atom. The first-order valence-corrected chi connectivity index (χ1v) is 21.7. The summed E-state index contributed by atoms with van der Waals surface area (Å²) in [6.45, 7) is 7.25. The molecule has 0 saturated heterocycles. The van der Waals surface area contributed by atoms with E-state index in [9.17, 15) is 0 Å². The summed E-state index contributed by atoms with van der Waals surface area (Å²) in [4.78, 5) is 0. The fourth-order valence-electron chi connectivity index (χ4n) is 5.91. The summed E-state index contributed by atoms with van der Waals surface area (Å²) in [5, 5.41) is 0. The number of unbranched alkanes of at least 4 members (excludes halogenated alkanes) is 28. The summed E-state index contributed by atoms with van der Waals surface area (Å²) < 4.78 is 36.3. The molecule has 6 nitrogen and oxygen atoms in total. The normalized spacial score (nSPS) is 12.0. The smallest absolute Gasteiger partial charge is 0.0780 e. The highest BCUT2D eigenvalue weighted by atomic mass is 32.3. The van der Waals surface area contributed by atoms with Crippen molar-refractivity contribution in [3.05, 3.63) is 0 Å². The molecular weight excluding hydrogens is 605 g/mol. The van der Waals surface area contributed by atoms with Gasteiger partial charge >= 0.3 is 0 Å². The average Bonchev–Trinajstić information content (AvgIpc) is 2.95. The van der Waals surface area contributed by atoms with Crippen LogP contribution in [0.25, 0.3) is 0 Å². The highest BCUT2D eigenvalue weighted by molar-refractivity contribution is 7.79. The third kappa shape index (κ3) is 68.5. The number of quaternary nitrogens is 2. The molecule has 0 N–H and O–H groups in total. The van der Waals surface area contributed by atoms with Crippen molar-refractivity contribution in [3.63, 3.8) is 0 Å². The molecule has 0 aliphatic rings. The molecule has 0 amide bonds. The van der Waals surface area contributed by atoms with E-state index >= 15 is 0 Å². The van der Waals surface area contributed by atoms with Crippen LogP contribution < -0.4 is 0 Å². The second kappa shape index (κ2) is 37.1. The van der Waals surface area contributed by atoms with Gasteiger partial charge in [0.25, 0.3) is 0 Å². The van der Waals surface area contributed by atoms with Gasteiger partial charge in [0.2, 0.25) is 0 Å². The third-order valence-electron chi connectivity index (χ3n) is 8.86. The lowest BCUT2D eigenvalue weighted by molar-refractivity contribution is -0.870. The standard InChI is InChI=1S/2C20H44N.H2O4S/c2*1-5-6-7-8-9-10-11-12-13-14-15-16-17-18-19-20-21(2,3)4;1-5(2,3)4/h2*5-20H2,1-4H3;(H2,1,2,3,4)/q2*+1;/p-2. The van der Waals surface area contributed by atoms with Crippen molar-refractivity contribution in [1.29, 1.82) is 0 Å². The van der Waals surface area contributed by atoms with Crippen LogP contribution in [0, 0.1) is 0 Å². The van der Waals surface area contributed by atoms with Crippen molar-refractivity contribution in [2.45, 2.75) is 206 Å². The van der Waals surface area contributed by atoms with Crippen LogP contribution in [-0.4, -0.2) is 81.9 Å². The molecule has 0 radical (unpaired) electrons. The SMILES string of the molecule is CCCCCCCCCCCCCCCCC[N+](C)(C)C.CCCCCCCCCCCCCCCCC[N+](C)(C)C.O=S(=O)([O-])[O-]. The number of nitrogens with zero attached hydrogens (tertiary/aromatic N) is 2. The monoisotopic (exact) mass is 693 g/mol. The Morgan fingerprint density at radius 1 is 0.319 bits per heavy atom. The molecule has 0 aromatic carbocycles. The molecule has 0 bridgehead atoms. The number of hydrogen-bond acceptors (Lipinski definition) is 4. The van der Waals surface area contributed by atoms with Crippen LogP contribution in [0.2, 0.25) is 0 Å². The summed E-state index contributed by atoms with van der Waals surface area (Å²) in [6.07, 6.45) is 43.7. The van der Waals surface area contributed by atoms with E-state index < -0.39 is 10.4 Å². The zero-order valence-electron chi connectivity index (χ0n) is 33.6. The molecule has 47 heavy (non-hydrogen) atoms. The Bertz CT molecular complexity index is 635. The highest BCUT2D eigenvalue weighted by Crippen LogP contribution is 2.15. The van der Waals surface area contributed by atoms with Crippen LogP contribution in [0.3, 0.4) is 0 Å². The van der Waals surface area contributed by atoms with Gasteiger partial charge in [-0.3, -0.25) is 8.42 Å². The molecule has 288 valence electrons. The first-order chi connectivity index (χ1) is 22.1. The minimum atomic E-state index is -5.17. The van der Waals surface area contributed by atoms with E-state index in [1.54, 1.807) is 0 Å². The molecule has 0 fully saturated rings. The molecule has 0 aromatic heterocycles. The Labute approximate surface area is 298 Å². The molecule has 0 aliphatic carbocycles. The van der Waals surface area contributed by atoms with E-state index in [4.69, 9.17) is 17.5 Å². The average molecular weight is 693 g/mol. The molecule has 0 saturated carbocycles. The van der Waals surface area contributed by atoms with E-state index in [-0.39, 0.29) is 0 Å². The van der Waals surface area contributed by atoms with E-state index in [2.05, 4.69) is 56.1 Å². The topological polar surface area (TPSA) is 80.3 Å². The summed E-state index contributed by atoms with van der Waals surface area (Å²) in [5.41, 5.74) is 0. The van der Waals surface area contributed by atoms with Crippen LogP contribution in [0.4, 0.5) is 0 Å². The van der Waals surface area contributed by atoms with Gasteiger partial charge in [-0.25, -0.2) is 0 Å². The second-order valence-electron chi connectivity index (χ2n) is 16.3. The molecule has 0 rings (SSSR count). The van der Waals surface area contributed by atoms with Crippen molar-refractivity contribution in [2.75, 3.05) is 55.4 Å². The fourth-order valence-corrected chi connectivity index (χ4v) is 5.91. The van der Waals surface area contributed by atoms with E-state index in [0.29, 0.717) is 0 Å². The van der Waals surface area contributed by atoms with Crippen molar-refractivity contribution < 1.29 is 26.5 Å². The maximum absolute atomic E-state index is 8.52. The van der Waals surface area contributed by atoms with Crippen molar-refractivity contribution >= 4 is 10.4 Å². The Morgan fingerprint density at radius 2 is 0.447 bits per heavy atom. The van der Waals surface area contributed by atoms with E-state index in [0.717, 1.165) is 8.97 Å². The van der Waals surface area contributed by atoms with Gasteiger partial charge in [0.1, 0.15) is 0 Å². The summed E-state index contributed by atoms with van der Waals surface area (Å²) in [5.74, 6) is 0. The summed E-state index contributed by atoms with van der Waals surface area (Å²) in [6, 6.07) is 0. The van der Waals surface area contributed by atoms with Crippen molar-refractivity contribution in [2.24, 2.45) is 0 Å². The largest absolute Gasteiger partial charge is 0.759 e. The zero-order valence-corrected chi connectivity index (χ0v) is 34.4. The molecular formula is C40H88N2O4S. The van der Waals surface area contributed by atoms with Gasteiger partial charge in [-0.1, -0.05) is 181 Å². The molecule has 0 aliphatic heterocycles. The predicted octanol–water partition coefficient (Wildman–Crippen LogP) is 11.8.